The van der Waals surface area contributed by atoms with E-state index in [0.29, 0.717) is 23.0 Å². The first kappa shape index (κ1) is 15.0. The van der Waals surface area contributed by atoms with Crippen molar-refractivity contribution in [3.63, 3.8) is 0 Å². The maximum Gasteiger partial charge on any atom is 0.341 e. The first-order valence-corrected chi connectivity index (χ1v) is 7.17. The largest absolute Gasteiger partial charge is 0.482 e. The lowest BCUT2D eigenvalue weighted by molar-refractivity contribution is -0.139. The first-order valence-electron chi connectivity index (χ1n) is 6.29. The van der Waals surface area contributed by atoms with Crippen LogP contribution >= 0.6 is 11.3 Å². The van der Waals surface area contributed by atoms with E-state index in [0.717, 1.165) is 5.56 Å². The maximum atomic E-state index is 11.3. The van der Waals surface area contributed by atoms with E-state index in [1.165, 1.54) is 11.3 Å². The van der Waals surface area contributed by atoms with Crippen molar-refractivity contribution < 1.29 is 19.4 Å². The fraction of sp³-hybridized carbons (Fsp3) is 0.214. The Kier molecular flexibility index (Phi) is 4.89. The zero-order valence-electron chi connectivity index (χ0n) is 11.3. The van der Waals surface area contributed by atoms with Crippen LogP contribution in [-0.4, -0.2) is 28.6 Å². The Morgan fingerprint density at radius 2 is 2.24 bits per heavy atom. The molecule has 21 heavy (non-hydrogen) atoms. The summed E-state index contributed by atoms with van der Waals surface area (Å²) >= 11 is 1.33. The van der Waals surface area contributed by atoms with Gasteiger partial charge in [0, 0.05) is 17.4 Å². The second-order valence-corrected chi connectivity index (χ2v) is 5.01. The molecule has 1 aromatic carbocycles. The van der Waals surface area contributed by atoms with E-state index < -0.39 is 12.6 Å². The van der Waals surface area contributed by atoms with E-state index in [9.17, 15) is 9.59 Å². The van der Waals surface area contributed by atoms with Gasteiger partial charge in [-0.15, -0.1) is 11.3 Å². The molecule has 0 aliphatic rings. The third-order valence-electron chi connectivity index (χ3n) is 2.56. The van der Waals surface area contributed by atoms with Crippen molar-refractivity contribution in [2.24, 2.45) is 0 Å². The van der Waals surface area contributed by atoms with E-state index >= 15 is 0 Å². The maximum absolute atomic E-state index is 11.3. The van der Waals surface area contributed by atoms with Crippen molar-refractivity contribution in [3.05, 3.63) is 29.6 Å². The Hall–Kier alpha value is -2.41. The SMILES string of the molecule is CCC(=O)Nc1nc(-c2cccc(OCC(=O)O)c2)cs1. The van der Waals surface area contributed by atoms with Gasteiger partial charge in [-0.05, 0) is 12.1 Å². The molecule has 1 amide bonds. The molecule has 110 valence electrons. The van der Waals surface area contributed by atoms with E-state index in [2.05, 4.69) is 10.3 Å². The molecule has 0 aliphatic heterocycles. The lowest BCUT2D eigenvalue weighted by atomic mass is 10.2. The number of aromatic nitrogens is 1. The number of carboxylic acid groups (broad SMARTS) is 1. The summed E-state index contributed by atoms with van der Waals surface area (Å²) < 4.78 is 5.12. The molecule has 0 unspecified atom stereocenters. The quantitative estimate of drug-likeness (QED) is 0.856. The molecule has 0 saturated heterocycles. The van der Waals surface area contributed by atoms with Gasteiger partial charge in [-0.25, -0.2) is 9.78 Å². The van der Waals surface area contributed by atoms with Crippen LogP contribution in [0.5, 0.6) is 5.75 Å². The van der Waals surface area contributed by atoms with Crippen LogP contribution in [0.2, 0.25) is 0 Å². The van der Waals surface area contributed by atoms with Crippen molar-refractivity contribution in [2.45, 2.75) is 13.3 Å². The highest BCUT2D eigenvalue weighted by molar-refractivity contribution is 7.14. The van der Waals surface area contributed by atoms with E-state index in [1.54, 1.807) is 25.1 Å². The number of benzene rings is 1. The fourth-order valence-corrected chi connectivity index (χ4v) is 2.30. The molecule has 7 heteroatoms. The number of anilines is 1. The van der Waals surface area contributed by atoms with Crippen LogP contribution in [0.3, 0.4) is 0 Å². The summed E-state index contributed by atoms with van der Waals surface area (Å²) in [6.45, 7) is 1.38. The zero-order chi connectivity index (χ0) is 15.2. The normalized spacial score (nSPS) is 10.1. The highest BCUT2D eigenvalue weighted by Crippen LogP contribution is 2.27. The molecule has 1 heterocycles. The number of carboxylic acids is 1. The minimum atomic E-state index is -1.03. The second kappa shape index (κ2) is 6.85. The molecule has 2 N–H and O–H groups in total. The van der Waals surface area contributed by atoms with Gasteiger partial charge < -0.3 is 15.2 Å². The summed E-state index contributed by atoms with van der Waals surface area (Å²) in [5.41, 5.74) is 1.50. The van der Waals surface area contributed by atoms with Gasteiger partial charge in [0.15, 0.2) is 11.7 Å². The minimum absolute atomic E-state index is 0.0885. The second-order valence-electron chi connectivity index (χ2n) is 4.15. The summed E-state index contributed by atoms with van der Waals surface area (Å²) in [5.74, 6) is -0.657. The number of thiazole rings is 1. The molecule has 0 atom stereocenters. The molecule has 2 aromatic rings. The summed E-state index contributed by atoms with van der Waals surface area (Å²) in [4.78, 5) is 26.1. The van der Waals surface area contributed by atoms with Gasteiger partial charge in [0.05, 0.1) is 5.69 Å². The van der Waals surface area contributed by atoms with Crippen molar-refractivity contribution >= 4 is 28.3 Å². The van der Waals surface area contributed by atoms with Gasteiger partial charge in [-0.1, -0.05) is 19.1 Å². The van der Waals surface area contributed by atoms with Crippen molar-refractivity contribution in [1.29, 1.82) is 0 Å². The Morgan fingerprint density at radius 3 is 2.95 bits per heavy atom. The Balaban J connectivity index is 2.12. The summed E-state index contributed by atoms with van der Waals surface area (Å²) in [6, 6.07) is 6.99. The number of hydrogen-bond acceptors (Lipinski definition) is 5. The number of carbonyl (C=O) groups excluding carboxylic acids is 1. The Bertz CT molecular complexity index is 654. The van der Waals surface area contributed by atoms with Crippen molar-refractivity contribution in [2.75, 3.05) is 11.9 Å². The van der Waals surface area contributed by atoms with Crippen molar-refractivity contribution in [1.82, 2.24) is 4.98 Å². The monoisotopic (exact) mass is 306 g/mol. The Labute approximate surface area is 125 Å². The predicted molar refractivity (Wildman–Crippen MR) is 79.6 cm³/mol. The fourth-order valence-electron chi connectivity index (χ4n) is 1.56. The number of nitrogens with one attached hydrogen (secondary N) is 1. The van der Waals surface area contributed by atoms with Crippen LogP contribution in [0, 0.1) is 0 Å². The highest BCUT2D eigenvalue weighted by atomic mass is 32.1. The van der Waals surface area contributed by atoms with Gasteiger partial charge >= 0.3 is 5.97 Å². The zero-order valence-corrected chi connectivity index (χ0v) is 12.1. The van der Waals surface area contributed by atoms with E-state index in [-0.39, 0.29) is 5.91 Å². The van der Waals surface area contributed by atoms with Crippen LogP contribution in [0.4, 0.5) is 5.13 Å². The average molecular weight is 306 g/mol. The number of carbonyl (C=O) groups is 2. The van der Waals surface area contributed by atoms with Gasteiger partial charge in [0.1, 0.15) is 5.75 Å². The van der Waals surface area contributed by atoms with Crippen LogP contribution < -0.4 is 10.1 Å². The van der Waals surface area contributed by atoms with E-state index in [4.69, 9.17) is 9.84 Å². The van der Waals surface area contributed by atoms with Crippen LogP contribution in [-0.2, 0) is 9.59 Å². The first-order chi connectivity index (χ1) is 10.1. The minimum Gasteiger partial charge on any atom is -0.482 e. The highest BCUT2D eigenvalue weighted by Gasteiger charge is 2.08. The topological polar surface area (TPSA) is 88.5 Å². The van der Waals surface area contributed by atoms with Gasteiger partial charge in [-0.3, -0.25) is 4.79 Å². The number of rotatable bonds is 6. The average Bonchev–Trinajstić information content (AvgIpc) is 2.94. The molecule has 0 saturated carbocycles. The lowest BCUT2D eigenvalue weighted by Gasteiger charge is -2.04. The molecule has 1 aromatic heterocycles. The number of amides is 1. The van der Waals surface area contributed by atoms with Crippen LogP contribution in [0.25, 0.3) is 11.3 Å². The number of ether oxygens (including phenoxy) is 1. The summed E-state index contributed by atoms with van der Waals surface area (Å²) in [5, 5.41) is 13.6. The summed E-state index contributed by atoms with van der Waals surface area (Å²) in [6.07, 6.45) is 0.396. The molecule has 0 radical (unpaired) electrons. The molecular weight excluding hydrogens is 292 g/mol. The van der Waals surface area contributed by atoms with Crippen molar-refractivity contribution in [3.8, 4) is 17.0 Å². The van der Waals surface area contributed by atoms with Crippen LogP contribution in [0.1, 0.15) is 13.3 Å². The summed E-state index contributed by atoms with van der Waals surface area (Å²) in [7, 11) is 0. The molecule has 6 nitrogen and oxygen atoms in total. The number of nitrogens with zero attached hydrogens (tertiary/aromatic N) is 1. The molecule has 0 aliphatic carbocycles. The number of aliphatic carboxylic acids is 1. The smallest absolute Gasteiger partial charge is 0.341 e. The standard InChI is InChI=1S/C14H14N2O4S/c1-2-12(17)16-14-15-11(8-21-14)9-4-3-5-10(6-9)20-7-13(18)19/h3-6,8H,2,7H2,1H3,(H,18,19)(H,15,16,17). The molecular formula is C14H14N2O4S. The predicted octanol–water partition coefficient (Wildman–Crippen LogP) is 2.62. The van der Waals surface area contributed by atoms with Gasteiger partial charge in [-0.2, -0.15) is 0 Å². The molecule has 0 bridgehead atoms. The third kappa shape index (κ3) is 4.28. The molecule has 2 rings (SSSR count). The third-order valence-corrected chi connectivity index (χ3v) is 3.32. The Morgan fingerprint density at radius 1 is 1.43 bits per heavy atom. The van der Waals surface area contributed by atoms with Gasteiger partial charge in [0.2, 0.25) is 5.91 Å². The van der Waals surface area contributed by atoms with Crippen LogP contribution in [0.15, 0.2) is 29.6 Å². The van der Waals surface area contributed by atoms with E-state index in [1.807, 2.05) is 11.4 Å². The number of hydrogen-bond donors (Lipinski definition) is 2. The van der Waals surface area contributed by atoms with Gasteiger partial charge in [0.25, 0.3) is 0 Å². The lowest BCUT2D eigenvalue weighted by Crippen LogP contribution is -2.09. The molecule has 0 fully saturated rings. The molecule has 0 spiro atoms.